The highest BCUT2D eigenvalue weighted by atomic mass is 79.9. The SMILES string of the molecule is Cc1c(Br)ccc2onc(NCCC#N)c12. The van der Waals surface area contributed by atoms with Crippen LogP contribution in [0.3, 0.4) is 0 Å². The largest absolute Gasteiger partial charge is 0.366 e. The van der Waals surface area contributed by atoms with E-state index in [0.717, 1.165) is 21.0 Å². The number of anilines is 1. The summed E-state index contributed by atoms with van der Waals surface area (Å²) in [6, 6.07) is 5.88. The smallest absolute Gasteiger partial charge is 0.177 e. The van der Waals surface area contributed by atoms with Gasteiger partial charge in [0.25, 0.3) is 0 Å². The van der Waals surface area contributed by atoms with Crippen LogP contribution in [0.25, 0.3) is 11.0 Å². The average molecular weight is 280 g/mol. The van der Waals surface area contributed by atoms with Crippen molar-refractivity contribution in [3.05, 3.63) is 22.2 Å². The summed E-state index contributed by atoms with van der Waals surface area (Å²) in [7, 11) is 0. The van der Waals surface area contributed by atoms with Crippen molar-refractivity contribution in [1.82, 2.24) is 5.16 Å². The van der Waals surface area contributed by atoms with E-state index in [2.05, 4.69) is 32.5 Å². The van der Waals surface area contributed by atoms with Crippen molar-refractivity contribution in [3.63, 3.8) is 0 Å². The van der Waals surface area contributed by atoms with Gasteiger partial charge in [-0.05, 0) is 24.6 Å². The number of aromatic nitrogens is 1. The lowest BCUT2D eigenvalue weighted by Crippen LogP contribution is -2.01. The van der Waals surface area contributed by atoms with E-state index in [-0.39, 0.29) is 0 Å². The van der Waals surface area contributed by atoms with Crippen LogP contribution >= 0.6 is 15.9 Å². The van der Waals surface area contributed by atoms with Crippen LogP contribution in [0, 0.1) is 18.3 Å². The van der Waals surface area contributed by atoms with E-state index in [0.29, 0.717) is 18.8 Å². The minimum Gasteiger partial charge on any atom is -0.366 e. The van der Waals surface area contributed by atoms with Gasteiger partial charge in [0.2, 0.25) is 0 Å². The minimum atomic E-state index is 0.446. The molecule has 0 aliphatic heterocycles. The van der Waals surface area contributed by atoms with Crippen LogP contribution in [0.4, 0.5) is 5.82 Å². The normalized spacial score (nSPS) is 10.3. The molecule has 0 atom stereocenters. The molecular weight excluding hydrogens is 270 g/mol. The van der Waals surface area contributed by atoms with Gasteiger partial charge in [0, 0.05) is 11.0 Å². The summed E-state index contributed by atoms with van der Waals surface area (Å²) in [6.45, 7) is 2.57. The summed E-state index contributed by atoms with van der Waals surface area (Å²) in [4.78, 5) is 0. The molecule has 16 heavy (non-hydrogen) atoms. The number of hydrogen-bond acceptors (Lipinski definition) is 4. The van der Waals surface area contributed by atoms with E-state index in [1.54, 1.807) is 0 Å². The highest BCUT2D eigenvalue weighted by Gasteiger charge is 2.11. The van der Waals surface area contributed by atoms with E-state index in [1.165, 1.54) is 0 Å². The lowest BCUT2D eigenvalue weighted by molar-refractivity contribution is 0.459. The summed E-state index contributed by atoms with van der Waals surface area (Å²) >= 11 is 3.47. The molecule has 5 heteroatoms. The van der Waals surface area contributed by atoms with Crippen molar-refractivity contribution in [1.29, 1.82) is 5.26 Å². The maximum absolute atomic E-state index is 8.47. The summed E-state index contributed by atoms with van der Waals surface area (Å²) < 4.78 is 6.22. The molecule has 0 spiro atoms. The molecule has 0 aliphatic carbocycles. The highest BCUT2D eigenvalue weighted by molar-refractivity contribution is 9.10. The molecule has 1 aromatic heterocycles. The first-order valence-electron chi connectivity index (χ1n) is 4.89. The number of benzene rings is 1. The van der Waals surface area contributed by atoms with Gasteiger partial charge in [-0.25, -0.2) is 0 Å². The first-order valence-corrected chi connectivity index (χ1v) is 5.68. The Labute approximate surface area is 101 Å². The predicted molar refractivity (Wildman–Crippen MR) is 65.2 cm³/mol. The fourth-order valence-corrected chi connectivity index (χ4v) is 1.86. The molecule has 1 heterocycles. The second-order valence-corrected chi connectivity index (χ2v) is 4.27. The van der Waals surface area contributed by atoms with E-state index in [1.807, 2.05) is 19.1 Å². The molecule has 4 nitrogen and oxygen atoms in total. The fourth-order valence-electron chi connectivity index (χ4n) is 1.53. The molecule has 0 unspecified atom stereocenters. The highest BCUT2D eigenvalue weighted by Crippen LogP contribution is 2.30. The van der Waals surface area contributed by atoms with Crippen molar-refractivity contribution in [3.8, 4) is 6.07 Å². The second-order valence-electron chi connectivity index (χ2n) is 3.41. The molecule has 0 saturated carbocycles. The van der Waals surface area contributed by atoms with E-state index in [4.69, 9.17) is 9.78 Å². The maximum atomic E-state index is 8.47. The Hall–Kier alpha value is -1.54. The van der Waals surface area contributed by atoms with Gasteiger partial charge in [-0.2, -0.15) is 5.26 Å². The summed E-state index contributed by atoms with van der Waals surface area (Å²) in [6.07, 6.45) is 0.446. The van der Waals surface area contributed by atoms with Gasteiger partial charge in [0.05, 0.1) is 17.9 Å². The first-order chi connectivity index (χ1) is 7.74. The zero-order valence-corrected chi connectivity index (χ0v) is 10.3. The van der Waals surface area contributed by atoms with Crippen LogP contribution in [0.5, 0.6) is 0 Å². The summed E-state index contributed by atoms with van der Waals surface area (Å²) in [5.41, 5.74) is 1.83. The van der Waals surface area contributed by atoms with Crippen molar-refractivity contribution in [2.45, 2.75) is 13.3 Å². The Balaban J connectivity index is 2.39. The van der Waals surface area contributed by atoms with Crippen molar-refractivity contribution < 1.29 is 4.52 Å². The fraction of sp³-hybridized carbons (Fsp3) is 0.273. The Morgan fingerprint density at radius 3 is 3.12 bits per heavy atom. The monoisotopic (exact) mass is 279 g/mol. The molecule has 2 rings (SSSR count). The number of nitriles is 1. The standard InChI is InChI=1S/C11H10BrN3O/c1-7-8(12)3-4-9-10(7)11(15-16-9)14-6-2-5-13/h3-4H,2,6H2,1H3,(H,14,15). The van der Waals surface area contributed by atoms with Gasteiger partial charge in [0.1, 0.15) is 0 Å². The lowest BCUT2D eigenvalue weighted by atomic mass is 10.1. The Morgan fingerprint density at radius 2 is 2.38 bits per heavy atom. The number of fused-ring (bicyclic) bond motifs is 1. The van der Waals surface area contributed by atoms with Gasteiger partial charge >= 0.3 is 0 Å². The van der Waals surface area contributed by atoms with Crippen molar-refractivity contribution in [2.75, 3.05) is 11.9 Å². The summed E-state index contributed by atoms with van der Waals surface area (Å²) in [5, 5.41) is 16.5. The topological polar surface area (TPSA) is 61.9 Å². The zero-order chi connectivity index (χ0) is 11.5. The molecule has 0 amide bonds. The summed E-state index contributed by atoms with van der Waals surface area (Å²) in [5.74, 6) is 0.698. The number of rotatable bonds is 3. The third kappa shape index (κ3) is 1.89. The first kappa shape index (κ1) is 11.0. The van der Waals surface area contributed by atoms with Gasteiger partial charge in [-0.3, -0.25) is 0 Å². The number of aryl methyl sites for hydroxylation is 1. The van der Waals surface area contributed by atoms with Crippen LogP contribution in [0.1, 0.15) is 12.0 Å². The minimum absolute atomic E-state index is 0.446. The van der Waals surface area contributed by atoms with Crippen LogP contribution in [0.2, 0.25) is 0 Å². The van der Waals surface area contributed by atoms with Crippen LogP contribution in [0.15, 0.2) is 21.1 Å². The van der Waals surface area contributed by atoms with Crippen LogP contribution in [-0.2, 0) is 0 Å². The molecule has 2 aromatic rings. The number of halogens is 1. The molecule has 0 saturated heterocycles. The number of hydrogen-bond donors (Lipinski definition) is 1. The molecule has 82 valence electrons. The number of nitrogens with one attached hydrogen (secondary N) is 1. The lowest BCUT2D eigenvalue weighted by Gasteiger charge is -2.02. The molecule has 0 radical (unpaired) electrons. The van der Waals surface area contributed by atoms with Crippen LogP contribution < -0.4 is 5.32 Å². The van der Waals surface area contributed by atoms with E-state index >= 15 is 0 Å². The second kappa shape index (κ2) is 4.54. The van der Waals surface area contributed by atoms with Crippen molar-refractivity contribution in [2.24, 2.45) is 0 Å². The molecule has 0 aliphatic rings. The van der Waals surface area contributed by atoms with Crippen molar-refractivity contribution >= 4 is 32.7 Å². The van der Waals surface area contributed by atoms with Gasteiger partial charge < -0.3 is 9.84 Å². The predicted octanol–water partition coefficient (Wildman–Crippen LogP) is 3.22. The van der Waals surface area contributed by atoms with Gasteiger partial charge in [0.15, 0.2) is 11.4 Å². The quantitative estimate of drug-likeness (QED) is 0.877. The average Bonchev–Trinajstić information content (AvgIpc) is 2.68. The molecular formula is C11H10BrN3O. The molecule has 0 fully saturated rings. The molecule has 1 aromatic carbocycles. The zero-order valence-electron chi connectivity index (χ0n) is 8.75. The Kier molecular flexibility index (Phi) is 3.11. The third-order valence-electron chi connectivity index (χ3n) is 2.36. The third-order valence-corrected chi connectivity index (χ3v) is 3.22. The van der Waals surface area contributed by atoms with E-state index < -0.39 is 0 Å². The van der Waals surface area contributed by atoms with E-state index in [9.17, 15) is 0 Å². The van der Waals surface area contributed by atoms with Gasteiger partial charge in [-0.1, -0.05) is 21.1 Å². The Morgan fingerprint density at radius 1 is 1.56 bits per heavy atom. The maximum Gasteiger partial charge on any atom is 0.177 e. The Bertz CT molecular complexity index is 556. The number of nitrogens with zero attached hydrogens (tertiary/aromatic N) is 2. The molecule has 1 N–H and O–H groups in total. The van der Waals surface area contributed by atoms with Gasteiger partial charge in [-0.15, -0.1) is 0 Å². The molecule has 0 bridgehead atoms. The van der Waals surface area contributed by atoms with Crippen LogP contribution in [-0.4, -0.2) is 11.7 Å².